The van der Waals surface area contributed by atoms with Gasteiger partial charge in [0.2, 0.25) is 0 Å². The van der Waals surface area contributed by atoms with E-state index in [1.807, 2.05) is 24.3 Å². The maximum absolute atomic E-state index is 9.31. The SMILES string of the molecule is CC(=C(O)C#N)c1ccc(CC(C)C)cc1. The number of hydrogen-bond acceptors (Lipinski definition) is 2. The molecule has 2 nitrogen and oxygen atoms in total. The molecule has 0 aliphatic carbocycles. The highest BCUT2D eigenvalue weighted by atomic mass is 16.3. The molecule has 0 aliphatic rings. The fraction of sp³-hybridized carbons (Fsp3) is 0.357. The van der Waals surface area contributed by atoms with Gasteiger partial charge < -0.3 is 5.11 Å². The van der Waals surface area contributed by atoms with Crippen LogP contribution in [0.25, 0.3) is 5.57 Å². The number of nitriles is 1. The van der Waals surface area contributed by atoms with Crippen molar-refractivity contribution in [2.45, 2.75) is 27.2 Å². The molecule has 0 atom stereocenters. The molecule has 0 aliphatic heterocycles. The van der Waals surface area contributed by atoms with Crippen LogP contribution >= 0.6 is 0 Å². The molecule has 0 bridgehead atoms. The predicted molar refractivity (Wildman–Crippen MR) is 65.8 cm³/mol. The molecule has 0 heterocycles. The molecular formula is C14H17NO. The Morgan fingerprint density at radius 2 is 1.88 bits per heavy atom. The Kier molecular flexibility index (Phi) is 4.13. The average molecular weight is 215 g/mol. The van der Waals surface area contributed by atoms with Crippen molar-refractivity contribution >= 4 is 5.57 Å². The molecule has 2 heteroatoms. The first-order valence-electron chi connectivity index (χ1n) is 5.44. The molecule has 0 aromatic heterocycles. The van der Waals surface area contributed by atoms with E-state index in [0.717, 1.165) is 12.0 Å². The second-order valence-corrected chi connectivity index (χ2v) is 4.38. The minimum Gasteiger partial charge on any atom is -0.499 e. The quantitative estimate of drug-likeness (QED) is 0.474. The third-order valence-corrected chi connectivity index (χ3v) is 2.49. The Morgan fingerprint density at radius 1 is 1.31 bits per heavy atom. The first-order chi connectivity index (χ1) is 7.54. The summed E-state index contributed by atoms with van der Waals surface area (Å²) in [4.78, 5) is 0. The lowest BCUT2D eigenvalue weighted by Crippen LogP contribution is -1.94. The van der Waals surface area contributed by atoms with Gasteiger partial charge in [0, 0.05) is 5.57 Å². The Hall–Kier alpha value is -1.75. The molecule has 1 aromatic carbocycles. The highest BCUT2D eigenvalue weighted by Crippen LogP contribution is 2.18. The Bertz CT molecular complexity index is 421. The predicted octanol–water partition coefficient (Wildman–Crippen LogP) is 3.70. The largest absolute Gasteiger partial charge is 0.499 e. The summed E-state index contributed by atoms with van der Waals surface area (Å²) >= 11 is 0. The summed E-state index contributed by atoms with van der Waals surface area (Å²) in [6.45, 7) is 6.11. The van der Waals surface area contributed by atoms with E-state index in [9.17, 15) is 5.11 Å². The van der Waals surface area contributed by atoms with Gasteiger partial charge in [0.15, 0.2) is 5.76 Å². The zero-order chi connectivity index (χ0) is 12.1. The molecule has 0 amide bonds. The summed E-state index contributed by atoms with van der Waals surface area (Å²) in [5.41, 5.74) is 2.80. The van der Waals surface area contributed by atoms with Crippen molar-refractivity contribution in [2.75, 3.05) is 0 Å². The lowest BCUT2D eigenvalue weighted by molar-refractivity contribution is 0.439. The average Bonchev–Trinajstić information content (AvgIpc) is 2.27. The van der Waals surface area contributed by atoms with Gasteiger partial charge >= 0.3 is 0 Å². The first kappa shape index (κ1) is 12.3. The fourth-order valence-electron chi connectivity index (χ4n) is 1.58. The molecule has 0 spiro atoms. The van der Waals surface area contributed by atoms with E-state index < -0.39 is 0 Å². The van der Waals surface area contributed by atoms with Crippen LogP contribution in [0, 0.1) is 17.2 Å². The number of allylic oxidation sites excluding steroid dienone is 2. The van der Waals surface area contributed by atoms with Crippen molar-refractivity contribution < 1.29 is 5.11 Å². The van der Waals surface area contributed by atoms with E-state index in [2.05, 4.69) is 13.8 Å². The van der Waals surface area contributed by atoms with Gasteiger partial charge in [-0.1, -0.05) is 38.1 Å². The second kappa shape index (κ2) is 5.37. The Balaban J connectivity index is 2.92. The van der Waals surface area contributed by atoms with E-state index in [-0.39, 0.29) is 5.76 Å². The van der Waals surface area contributed by atoms with Crippen molar-refractivity contribution in [3.63, 3.8) is 0 Å². The maximum Gasteiger partial charge on any atom is 0.198 e. The highest BCUT2D eigenvalue weighted by molar-refractivity contribution is 5.68. The molecular weight excluding hydrogens is 198 g/mol. The standard InChI is InChI=1S/C14H17NO/c1-10(2)8-12-4-6-13(7-5-12)11(3)14(16)9-15/h4-7,10,16H,8H2,1-3H3. The molecule has 0 unspecified atom stereocenters. The van der Waals surface area contributed by atoms with Gasteiger partial charge in [-0.05, 0) is 30.4 Å². The summed E-state index contributed by atoms with van der Waals surface area (Å²) in [5, 5.41) is 17.9. The van der Waals surface area contributed by atoms with Crippen molar-refractivity contribution in [3.8, 4) is 6.07 Å². The minimum atomic E-state index is -0.211. The lowest BCUT2D eigenvalue weighted by atomic mass is 9.99. The third kappa shape index (κ3) is 3.13. The van der Waals surface area contributed by atoms with Crippen LogP contribution in [-0.2, 0) is 6.42 Å². The van der Waals surface area contributed by atoms with E-state index in [1.54, 1.807) is 13.0 Å². The number of aliphatic hydroxyl groups excluding tert-OH is 1. The molecule has 0 saturated heterocycles. The van der Waals surface area contributed by atoms with Gasteiger partial charge in [-0.2, -0.15) is 5.26 Å². The third-order valence-electron chi connectivity index (χ3n) is 2.49. The molecule has 1 N–H and O–H groups in total. The van der Waals surface area contributed by atoms with Crippen LogP contribution in [0.1, 0.15) is 31.9 Å². The van der Waals surface area contributed by atoms with Gasteiger partial charge in [0.05, 0.1) is 0 Å². The second-order valence-electron chi connectivity index (χ2n) is 4.38. The van der Waals surface area contributed by atoms with Crippen LogP contribution in [-0.4, -0.2) is 5.11 Å². The summed E-state index contributed by atoms with van der Waals surface area (Å²) < 4.78 is 0. The van der Waals surface area contributed by atoms with E-state index >= 15 is 0 Å². The smallest absolute Gasteiger partial charge is 0.198 e. The van der Waals surface area contributed by atoms with Crippen LogP contribution in [0.4, 0.5) is 0 Å². The molecule has 0 fully saturated rings. The van der Waals surface area contributed by atoms with E-state index in [0.29, 0.717) is 11.5 Å². The first-order valence-corrected chi connectivity index (χ1v) is 5.44. The van der Waals surface area contributed by atoms with Crippen LogP contribution in [0.5, 0.6) is 0 Å². The summed E-state index contributed by atoms with van der Waals surface area (Å²) in [6.07, 6.45) is 1.05. The summed E-state index contributed by atoms with van der Waals surface area (Å²) in [5.74, 6) is 0.423. The number of aliphatic hydroxyl groups is 1. The lowest BCUT2D eigenvalue weighted by Gasteiger charge is -2.06. The van der Waals surface area contributed by atoms with Gasteiger partial charge in [0.25, 0.3) is 0 Å². The zero-order valence-corrected chi connectivity index (χ0v) is 9.99. The van der Waals surface area contributed by atoms with Gasteiger partial charge in [-0.15, -0.1) is 0 Å². The summed E-state index contributed by atoms with van der Waals surface area (Å²) in [6, 6.07) is 9.73. The normalized spacial score (nSPS) is 12.2. The van der Waals surface area contributed by atoms with Crippen LogP contribution in [0.2, 0.25) is 0 Å². The van der Waals surface area contributed by atoms with Crippen LogP contribution < -0.4 is 0 Å². The highest BCUT2D eigenvalue weighted by Gasteiger charge is 2.03. The number of benzene rings is 1. The number of nitrogens with zero attached hydrogens (tertiary/aromatic N) is 1. The van der Waals surface area contributed by atoms with Crippen molar-refractivity contribution in [1.82, 2.24) is 0 Å². The fourth-order valence-corrected chi connectivity index (χ4v) is 1.58. The van der Waals surface area contributed by atoms with Crippen molar-refractivity contribution in [3.05, 3.63) is 41.2 Å². The molecule has 84 valence electrons. The number of rotatable bonds is 3. The Labute approximate surface area is 96.8 Å². The van der Waals surface area contributed by atoms with E-state index in [1.165, 1.54) is 5.56 Å². The number of hydrogen-bond donors (Lipinski definition) is 1. The molecule has 0 saturated carbocycles. The van der Waals surface area contributed by atoms with Crippen LogP contribution in [0.3, 0.4) is 0 Å². The van der Waals surface area contributed by atoms with Crippen LogP contribution in [0.15, 0.2) is 30.0 Å². The van der Waals surface area contributed by atoms with Gasteiger partial charge in [0.1, 0.15) is 6.07 Å². The monoisotopic (exact) mass is 215 g/mol. The molecule has 16 heavy (non-hydrogen) atoms. The van der Waals surface area contributed by atoms with E-state index in [4.69, 9.17) is 5.26 Å². The van der Waals surface area contributed by atoms with Gasteiger partial charge in [-0.3, -0.25) is 0 Å². The Morgan fingerprint density at radius 3 is 2.31 bits per heavy atom. The molecule has 1 rings (SSSR count). The minimum absolute atomic E-state index is 0.211. The maximum atomic E-state index is 9.31. The summed E-state index contributed by atoms with van der Waals surface area (Å²) in [7, 11) is 0. The molecule has 1 aromatic rings. The van der Waals surface area contributed by atoms with Crippen molar-refractivity contribution in [2.24, 2.45) is 5.92 Å². The van der Waals surface area contributed by atoms with Crippen molar-refractivity contribution in [1.29, 1.82) is 5.26 Å². The topological polar surface area (TPSA) is 44.0 Å². The molecule has 0 radical (unpaired) electrons. The van der Waals surface area contributed by atoms with Gasteiger partial charge in [-0.25, -0.2) is 0 Å². The zero-order valence-electron chi connectivity index (χ0n) is 9.99.